The van der Waals surface area contributed by atoms with Crippen molar-refractivity contribution in [1.29, 1.82) is 0 Å². The third-order valence-electron chi connectivity index (χ3n) is 14.2. The molecule has 70 heavy (non-hydrogen) atoms. The van der Waals surface area contributed by atoms with E-state index in [1.165, 1.54) is 250 Å². The highest BCUT2D eigenvalue weighted by atomic mass is 16.6. The van der Waals surface area contributed by atoms with Gasteiger partial charge in [0.2, 0.25) is 0 Å². The van der Waals surface area contributed by atoms with Gasteiger partial charge in [0.25, 0.3) is 0 Å². The third-order valence-corrected chi connectivity index (χ3v) is 14.2. The van der Waals surface area contributed by atoms with Crippen LogP contribution in [0.3, 0.4) is 0 Å². The van der Waals surface area contributed by atoms with Gasteiger partial charge in [-0.25, -0.2) is 0 Å². The van der Waals surface area contributed by atoms with Gasteiger partial charge in [0.1, 0.15) is 13.2 Å². The number of allylic oxidation sites excluding steroid dienone is 4. The molecule has 0 aliphatic carbocycles. The van der Waals surface area contributed by atoms with E-state index in [0.29, 0.717) is 19.3 Å². The van der Waals surface area contributed by atoms with Gasteiger partial charge in [-0.3, -0.25) is 14.4 Å². The zero-order valence-electron chi connectivity index (χ0n) is 47.3. The van der Waals surface area contributed by atoms with Gasteiger partial charge in [0.05, 0.1) is 0 Å². The van der Waals surface area contributed by atoms with Crippen LogP contribution in [0.4, 0.5) is 0 Å². The van der Waals surface area contributed by atoms with Crippen LogP contribution in [-0.4, -0.2) is 37.2 Å². The van der Waals surface area contributed by atoms with Gasteiger partial charge in [-0.15, -0.1) is 0 Å². The summed E-state index contributed by atoms with van der Waals surface area (Å²) in [6.07, 6.45) is 70.3. The Morgan fingerprint density at radius 2 is 0.471 bits per heavy atom. The minimum absolute atomic E-state index is 0.0694. The minimum Gasteiger partial charge on any atom is -0.462 e. The molecule has 0 fully saturated rings. The first-order chi connectivity index (χ1) is 34.5. The molecule has 0 bridgehead atoms. The van der Waals surface area contributed by atoms with Crippen LogP contribution >= 0.6 is 0 Å². The van der Waals surface area contributed by atoms with Crippen molar-refractivity contribution in [2.45, 2.75) is 354 Å². The molecule has 0 aliphatic rings. The predicted molar refractivity (Wildman–Crippen MR) is 303 cm³/mol. The van der Waals surface area contributed by atoms with Crippen LogP contribution in [0.25, 0.3) is 0 Å². The SMILES string of the molecule is CCCCCCCCC/C=C\CCCCCCCCCC(=O)OCC(COC(=O)CCCCCCCCCCCCCCCCCC)OC(=O)CCCCCCCCC/C=C\CCCCCCCCC. The summed E-state index contributed by atoms with van der Waals surface area (Å²) in [5, 5.41) is 0. The Hall–Kier alpha value is -2.11. The molecule has 0 saturated heterocycles. The van der Waals surface area contributed by atoms with E-state index in [0.717, 1.165) is 57.8 Å². The molecule has 412 valence electrons. The van der Waals surface area contributed by atoms with E-state index in [2.05, 4.69) is 45.1 Å². The predicted octanol–water partition coefficient (Wildman–Crippen LogP) is 21.1. The van der Waals surface area contributed by atoms with Crippen LogP contribution in [0, 0.1) is 0 Å². The number of hydrogen-bond donors (Lipinski definition) is 0. The summed E-state index contributed by atoms with van der Waals surface area (Å²) in [4.78, 5) is 38.3. The first-order valence-corrected chi connectivity index (χ1v) is 31.3. The van der Waals surface area contributed by atoms with Crippen molar-refractivity contribution in [3.8, 4) is 0 Å². The zero-order valence-corrected chi connectivity index (χ0v) is 47.3. The Kier molecular flexibility index (Phi) is 57.7. The van der Waals surface area contributed by atoms with E-state index in [1.807, 2.05) is 0 Å². The summed E-state index contributed by atoms with van der Waals surface area (Å²) in [5.74, 6) is -0.853. The van der Waals surface area contributed by atoms with Crippen molar-refractivity contribution in [3.63, 3.8) is 0 Å². The van der Waals surface area contributed by atoms with Gasteiger partial charge in [0.15, 0.2) is 6.10 Å². The van der Waals surface area contributed by atoms with Crippen molar-refractivity contribution in [2.75, 3.05) is 13.2 Å². The van der Waals surface area contributed by atoms with E-state index in [-0.39, 0.29) is 31.1 Å². The number of carbonyl (C=O) groups is 3. The Bertz CT molecular complexity index is 1130. The summed E-state index contributed by atoms with van der Waals surface area (Å²) in [6, 6.07) is 0. The van der Waals surface area contributed by atoms with Crippen molar-refractivity contribution in [2.24, 2.45) is 0 Å². The van der Waals surface area contributed by atoms with Gasteiger partial charge < -0.3 is 14.2 Å². The minimum atomic E-state index is -0.772. The fourth-order valence-electron chi connectivity index (χ4n) is 9.44. The number of ether oxygens (including phenoxy) is 3. The van der Waals surface area contributed by atoms with E-state index in [4.69, 9.17) is 14.2 Å². The van der Waals surface area contributed by atoms with Gasteiger partial charge >= 0.3 is 17.9 Å². The molecule has 6 nitrogen and oxygen atoms in total. The highest BCUT2D eigenvalue weighted by molar-refractivity contribution is 5.71. The largest absolute Gasteiger partial charge is 0.462 e. The smallest absolute Gasteiger partial charge is 0.306 e. The van der Waals surface area contributed by atoms with Crippen LogP contribution in [0.1, 0.15) is 348 Å². The fourth-order valence-corrected chi connectivity index (χ4v) is 9.44. The molecule has 0 spiro atoms. The Labute approximate surface area is 436 Å². The monoisotopic (exact) mass is 985 g/mol. The topological polar surface area (TPSA) is 78.9 Å². The molecular formula is C64H120O6. The average Bonchev–Trinajstić information content (AvgIpc) is 3.36. The van der Waals surface area contributed by atoms with Crippen molar-refractivity contribution in [3.05, 3.63) is 24.3 Å². The molecule has 0 heterocycles. The number of hydrogen-bond acceptors (Lipinski definition) is 6. The number of unbranched alkanes of at least 4 members (excludes halogenated alkanes) is 43. The maximum Gasteiger partial charge on any atom is 0.306 e. The van der Waals surface area contributed by atoms with Crippen LogP contribution in [0.2, 0.25) is 0 Å². The highest BCUT2D eigenvalue weighted by Crippen LogP contribution is 2.17. The molecule has 0 amide bonds. The second-order valence-electron chi connectivity index (χ2n) is 21.3. The summed E-state index contributed by atoms with van der Waals surface area (Å²) >= 11 is 0. The molecule has 0 radical (unpaired) electrons. The summed E-state index contributed by atoms with van der Waals surface area (Å²) < 4.78 is 16.9. The lowest BCUT2D eigenvalue weighted by Gasteiger charge is -2.18. The number of rotatable bonds is 58. The average molecular weight is 986 g/mol. The first-order valence-electron chi connectivity index (χ1n) is 31.3. The van der Waals surface area contributed by atoms with Gasteiger partial charge in [-0.05, 0) is 70.6 Å². The maximum atomic E-state index is 12.9. The van der Waals surface area contributed by atoms with Gasteiger partial charge in [0, 0.05) is 19.3 Å². The molecule has 6 heteroatoms. The highest BCUT2D eigenvalue weighted by Gasteiger charge is 2.19. The maximum absolute atomic E-state index is 12.9. The summed E-state index contributed by atoms with van der Waals surface area (Å²) in [7, 11) is 0. The fraction of sp³-hybridized carbons (Fsp3) is 0.891. The summed E-state index contributed by atoms with van der Waals surface area (Å²) in [6.45, 7) is 6.69. The normalized spacial score (nSPS) is 12.1. The quantitative estimate of drug-likeness (QED) is 0.0261. The molecule has 0 N–H and O–H groups in total. The molecule has 0 aliphatic heterocycles. The molecule has 0 rings (SSSR count). The van der Waals surface area contributed by atoms with Crippen molar-refractivity contribution >= 4 is 17.9 Å². The molecule has 1 atom stereocenters. The first kappa shape index (κ1) is 67.9. The zero-order chi connectivity index (χ0) is 50.7. The van der Waals surface area contributed by atoms with Crippen LogP contribution < -0.4 is 0 Å². The number of carbonyl (C=O) groups excluding carboxylic acids is 3. The molecular weight excluding hydrogens is 865 g/mol. The van der Waals surface area contributed by atoms with Crippen LogP contribution in [-0.2, 0) is 28.6 Å². The van der Waals surface area contributed by atoms with E-state index in [1.54, 1.807) is 0 Å². The lowest BCUT2D eigenvalue weighted by molar-refractivity contribution is -0.167. The van der Waals surface area contributed by atoms with Crippen LogP contribution in [0.15, 0.2) is 24.3 Å². The number of esters is 3. The lowest BCUT2D eigenvalue weighted by Crippen LogP contribution is -2.30. The second-order valence-corrected chi connectivity index (χ2v) is 21.3. The Morgan fingerprint density at radius 3 is 0.714 bits per heavy atom. The molecule has 0 saturated carbocycles. The van der Waals surface area contributed by atoms with Crippen molar-refractivity contribution in [1.82, 2.24) is 0 Å². The van der Waals surface area contributed by atoms with Gasteiger partial charge in [-0.2, -0.15) is 0 Å². The second kappa shape index (κ2) is 59.5. The molecule has 0 aromatic carbocycles. The Morgan fingerprint density at radius 1 is 0.271 bits per heavy atom. The van der Waals surface area contributed by atoms with Crippen molar-refractivity contribution < 1.29 is 28.6 Å². The molecule has 0 aromatic rings. The van der Waals surface area contributed by atoms with E-state index < -0.39 is 6.10 Å². The summed E-state index contributed by atoms with van der Waals surface area (Å²) in [5.41, 5.74) is 0. The molecule has 1 unspecified atom stereocenters. The standard InChI is InChI=1S/C64H120O6/c1-4-7-10-13-16-19-22-25-28-31-33-36-39-42-45-48-51-54-57-63(66)69-60-61(59-68-62(65)56-53-50-47-44-41-38-35-30-27-24-21-18-15-12-9-6-3)70-64(67)58-55-52-49-46-43-40-37-34-32-29-26-23-20-17-14-11-8-5-2/h28-29,31-32,61H,4-27,30,33-60H2,1-3H3/b31-28-,32-29-. The lowest BCUT2D eigenvalue weighted by atomic mass is 10.0. The van der Waals surface area contributed by atoms with Gasteiger partial charge in [-0.1, -0.05) is 283 Å². The third kappa shape index (κ3) is 56.8. The van der Waals surface area contributed by atoms with Crippen LogP contribution in [0.5, 0.6) is 0 Å². The Balaban J connectivity index is 4.34. The molecule has 0 aromatic heterocycles. The van der Waals surface area contributed by atoms with E-state index >= 15 is 0 Å². The van der Waals surface area contributed by atoms with E-state index in [9.17, 15) is 14.4 Å².